The van der Waals surface area contributed by atoms with Crippen LogP contribution in [0.4, 0.5) is 0 Å². The first-order valence-corrected chi connectivity index (χ1v) is 7.27. The van der Waals surface area contributed by atoms with Crippen LogP contribution in [0.5, 0.6) is 11.5 Å². The van der Waals surface area contributed by atoms with Gasteiger partial charge in [-0.05, 0) is 31.0 Å². The molecular weight excluding hydrogens is 256 g/mol. The van der Waals surface area contributed by atoms with E-state index in [1.807, 2.05) is 19.1 Å². The molecule has 1 aromatic carbocycles. The first-order valence-electron chi connectivity index (χ1n) is 7.27. The van der Waals surface area contributed by atoms with E-state index >= 15 is 0 Å². The third-order valence-corrected chi connectivity index (χ3v) is 3.66. The van der Waals surface area contributed by atoms with E-state index in [0.717, 1.165) is 31.7 Å². The fraction of sp³-hybridized carbons (Fsp3) is 0.600. The van der Waals surface area contributed by atoms with Crippen molar-refractivity contribution in [1.29, 1.82) is 0 Å². The van der Waals surface area contributed by atoms with Gasteiger partial charge in [-0.15, -0.1) is 0 Å². The van der Waals surface area contributed by atoms with Crippen LogP contribution in [0.15, 0.2) is 18.2 Å². The standard InChI is InChI=1S/C15H24N2O3/c1-2-20-15-11-12(3-4-14(15)19)13(5-10-18)17-8-6-16-7-9-17/h3-4,11,13,16,18-19H,2,5-10H2,1H3/t13-/m1/s1. The number of nitrogens with one attached hydrogen (secondary N) is 1. The van der Waals surface area contributed by atoms with Crippen LogP contribution in [0.25, 0.3) is 0 Å². The number of phenolic OH excluding ortho intramolecular Hbond substituents is 1. The lowest BCUT2D eigenvalue weighted by atomic mass is 10.0. The van der Waals surface area contributed by atoms with Gasteiger partial charge in [0.2, 0.25) is 0 Å². The van der Waals surface area contributed by atoms with Crippen molar-refractivity contribution >= 4 is 0 Å². The van der Waals surface area contributed by atoms with Crippen LogP contribution < -0.4 is 10.1 Å². The topological polar surface area (TPSA) is 65.0 Å². The first-order chi connectivity index (χ1) is 9.76. The maximum Gasteiger partial charge on any atom is 0.161 e. The van der Waals surface area contributed by atoms with Crippen molar-refractivity contribution in [3.05, 3.63) is 23.8 Å². The molecule has 1 aromatic rings. The largest absolute Gasteiger partial charge is 0.504 e. The average Bonchev–Trinajstić information content (AvgIpc) is 2.48. The Morgan fingerprint density at radius 2 is 2.10 bits per heavy atom. The van der Waals surface area contributed by atoms with E-state index in [2.05, 4.69) is 10.2 Å². The molecule has 0 aliphatic carbocycles. The smallest absolute Gasteiger partial charge is 0.161 e. The van der Waals surface area contributed by atoms with E-state index in [0.29, 0.717) is 18.8 Å². The van der Waals surface area contributed by atoms with E-state index in [4.69, 9.17) is 4.74 Å². The molecule has 0 radical (unpaired) electrons. The number of benzene rings is 1. The van der Waals surface area contributed by atoms with Crippen molar-refractivity contribution in [3.63, 3.8) is 0 Å². The van der Waals surface area contributed by atoms with Gasteiger partial charge >= 0.3 is 0 Å². The molecule has 0 saturated carbocycles. The molecule has 2 rings (SSSR count). The van der Waals surface area contributed by atoms with Crippen LogP contribution in [0, 0.1) is 0 Å². The molecule has 1 atom stereocenters. The molecule has 1 fully saturated rings. The van der Waals surface area contributed by atoms with Gasteiger partial charge in [0, 0.05) is 38.8 Å². The second kappa shape index (κ2) is 7.47. The van der Waals surface area contributed by atoms with Crippen LogP contribution in [0.2, 0.25) is 0 Å². The normalized spacial score (nSPS) is 17.9. The van der Waals surface area contributed by atoms with Gasteiger partial charge < -0.3 is 20.3 Å². The minimum Gasteiger partial charge on any atom is -0.504 e. The minimum atomic E-state index is 0.152. The van der Waals surface area contributed by atoms with Gasteiger partial charge in [0.05, 0.1) is 6.61 Å². The van der Waals surface area contributed by atoms with E-state index in [9.17, 15) is 10.2 Å². The van der Waals surface area contributed by atoms with Crippen LogP contribution in [0.1, 0.15) is 24.9 Å². The van der Waals surface area contributed by atoms with E-state index < -0.39 is 0 Å². The molecule has 112 valence electrons. The second-order valence-electron chi connectivity index (χ2n) is 4.97. The summed E-state index contributed by atoms with van der Waals surface area (Å²) >= 11 is 0. The van der Waals surface area contributed by atoms with Gasteiger partial charge in [-0.3, -0.25) is 4.90 Å². The fourth-order valence-corrected chi connectivity index (χ4v) is 2.69. The maximum absolute atomic E-state index is 9.79. The van der Waals surface area contributed by atoms with Crippen LogP contribution >= 0.6 is 0 Å². The van der Waals surface area contributed by atoms with E-state index in [-0.39, 0.29) is 18.4 Å². The highest BCUT2D eigenvalue weighted by atomic mass is 16.5. The number of aliphatic hydroxyl groups is 1. The van der Waals surface area contributed by atoms with Crippen LogP contribution in [0.3, 0.4) is 0 Å². The zero-order chi connectivity index (χ0) is 14.4. The number of nitrogens with zero attached hydrogens (tertiary/aromatic N) is 1. The number of hydrogen-bond donors (Lipinski definition) is 3. The molecular formula is C15H24N2O3. The summed E-state index contributed by atoms with van der Waals surface area (Å²) in [5.41, 5.74) is 1.09. The first kappa shape index (κ1) is 15.1. The Morgan fingerprint density at radius 3 is 2.75 bits per heavy atom. The SMILES string of the molecule is CCOc1cc([C@@H](CCO)N2CCNCC2)ccc1O. The number of aromatic hydroxyl groups is 1. The molecule has 5 nitrogen and oxygen atoms in total. The van der Waals surface area contributed by atoms with Gasteiger partial charge in [0.1, 0.15) is 0 Å². The Labute approximate surface area is 120 Å². The highest BCUT2D eigenvalue weighted by Crippen LogP contribution is 2.32. The summed E-state index contributed by atoms with van der Waals surface area (Å²) in [5, 5.41) is 22.5. The van der Waals surface area contributed by atoms with Crippen molar-refractivity contribution in [2.45, 2.75) is 19.4 Å². The number of phenols is 1. The lowest BCUT2D eigenvalue weighted by Gasteiger charge is -2.35. The molecule has 1 saturated heterocycles. The monoisotopic (exact) mass is 280 g/mol. The minimum absolute atomic E-state index is 0.152. The molecule has 0 amide bonds. The van der Waals surface area contributed by atoms with Crippen molar-refractivity contribution < 1.29 is 14.9 Å². The molecule has 1 aliphatic heterocycles. The lowest BCUT2D eigenvalue weighted by Crippen LogP contribution is -2.45. The van der Waals surface area contributed by atoms with Crippen molar-refractivity contribution in [1.82, 2.24) is 10.2 Å². The van der Waals surface area contributed by atoms with E-state index in [1.165, 1.54) is 0 Å². The zero-order valence-corrected chi connectivity index (χ0v) is 12.0. The quantitative estimate of drug-likeness (QED) is 0.729. The summed E-state index contributed by atoms with van der Waals surface area (Å²) in [6.07, 6.45) is 0.691. The Morgan fingerprint density at radius 1 is 1.35 bits per heavy atom. The summed E-state index contributed by atoms with van der Waals surface area (Å²) in [5.74, 6) is 0.682. The number of piperazine rings is 1. The van der Waals surface area contributed by atoms with Crippen molar-refractivity contribution in [2.75, 3.05) is 39.4 Å². The lowest BCUT2D eigenvalue weighted by molar-refractivity contribution is 0.141. The number of aliphatic hydroxyl groups excluding tert-OH is 1. The van der Waals surface area contributed by atoms with Gasteiger partial charge in [-0.2, -0.15) is 0 Å². The summed E-state index contributed by atoms with van der Waals surface area (Å²) in [4.78, 5) is 2.37. The number of hydrogen-bond acceptors (Lipinski definition) is 5. The van der Waals surface area contributed by atoms with Gasteiger partial charge in [0.15, 0.2) is 11.5 Å². The Bertz CT molecular complexity index is 420. The van der Waals surface area contributed by atoms with E-state index in [1.54, 1.807) is 6.07 Å². The Kier molecular flexibility index (Phi) is 5.64. The summed E-state index contributed by atoms with van der Waals surface area (Å²) < 4.78 is 5.45. The zero-order valence-electron chi connectivity index (χ0n) is 12.0. The number of rotatable bonds is 6. The fourth-order valence-electron chi connectivity index (χ4n) is 2.69. The Balaban J connectivity index is 2.21. The molecule has 0 bridgehead atoms. The highest BCUT2D eigenvalue weighted by Gasteiger charge is 2.22. The molecule has 5 heteroatoms. The molecule has 0 aromatic heterocycles. The predicted octanol–water partition coefficient (Wildman–Crippen LogP) is 1.12. The van der Waals surface area contributed by atoms with Crippen molar-refractivity contribution in [2.24, 2.45) is 0 Å². The molecule has 0 spiro atoms. The Hall–Kier alpha value is -1.30. The average molecular weight is 280 g/mol. The summed E-state index contributed by atoms with van der Waals surface area (Å²) in [6, 6.07) is 5.65. The molecule has 1 heterocycles. The van der Waals surface area contributed by atoms with Crippen molar-refractivity contribution in [3.8, 4) is 11.5 Å². The third-order valence-electron chi connectivity index (χ3n) is 3.66. The summed E-state index contributed by atoms with van der Waals surface area (Å²) in [7, 11) is 0. The van der Waals surface area contributed by atoms with Gasteiger partial charge in [-0.25, -0.2) is 0 Å². The van der Waals surface area contributed by atoms with Gasteiger partial charge in [0.25, 0.3) is 0 Å². The summed E-state index contributed by atoms with van der Waals surface area (Å²) in [6.45, 7) is 6.45. The predicted molar refractivity (Wildman–Crippen MR) is 78.2 cm³/mol. The van der Waals surface area contributed by atoms with Gasteiger partial charge in [-0.1, -0.05) is 6.07 Å². The highest BCUT2D eigenvalue weighted by molar-refractivity contribution is 5.42. The van der Waals surface area contributed by atoms with Crippen LogP contribution in [-0.2, 0) is 0 Å². The second-order valence-corrected chi connectivity index (χ2v) is 4.97. The molecule has 3 N–H and O–H groups in total. The molecule has 1 aliphatic rings. The maximum atomic E-state index is 9.79. The number of ether oxygens (including phenoxy) is 1. The molecule has 20 heavy (non-hydrogen) atoms. The molecule has 0 unspecified atom stereocenters. The third kappa shape index (κ3) is 3.62. The van der Waals surface area contributed by atoms with Crippen LogP contribution in [-0.4, -0.2) is 54.5 Å².